The summed E-state index contributed by atoms with van der Waals surface area (Å²) in [5.41, 5.74) is 7.45. The van der Waals surface area contributed by atoms with Crippen molar-refractivity contribution >= 4 is 67.2 Å². The van der Waals surface area contributed by atoms with Crippen molar-refractivity contribution in [2.45, 2.75) is 6.54 Å². The third-order valence-electron chi connectivity index (χ3n) is 4.99. The summed E-state index contributed by atoms with van der Waals surface area (Å²) in [6, 6.07) is 15.9. The Kier molecular flexibility index (Phi) is 5.49. The van der Waals surface area contributed by atoms with E-state index in [-0.39, 0.29) is 28.9 Å². The fraction of sp³-hybridized carbons (Fsp3) is 0.0435. The lowest BCUT2D eigenvalue weighted by atomic mass is 10.1. The maximum absolute atomic E-state index is 14.3. The zero-order valence-electron chi connectivity index (χ0n) is 17.0. The van der Waals surface area contributed by atoms with Crippen molar-refractivity contribution in [3.8, 4) is 0 Å². The molecule has 0 saturated carbocycles. The fourth-order valence-electron chi connectivity index (χ4n) is 3.45. The third kappa shape index (κ3) is 4.15. The fourth-order valence-corrected chi connectivity index (χ4v) is 4.36. The topological polar surface area (TPSA) is 106 Å². The molecule has 5 aromatic rings. The van der Waals surface area contributed by atoms with Gasteiger partial charge in [-0.3, -0.25) is 4.79 Å². The minimum atomic E-state index is -0.536. The molecule has 0 aliphatic carbocycles. The van der Waals surface area contributed by atoms with E-state index >= 15 is 0 Å². The number of aromatic nitrogens is 3. The van der Waals surface area contributed by atoms with Crippen LogP contribution >= 0.6 is 22.9 Å². The molecule has 0 aliphatic rings. The molecular formula is C23H16ClFN6OS. The van der Waals surface area contributed by atoms with Gasteiger partial charge in [-0.2, -0.15) is 0 Å². The van der Waals surface area contributed by atoms with Crippen molar-refractivity contribution in [2.75, 3.05) is 16.4 Å². The minimum absolute atomic E-state index is 0.0284. The van der Waals surface area contributed by atoms with Gasteiger partial charge >= 0.3 is 0 Å². The lowest BCUT2D eigenvalue weighted by Crippen LogP contribution is -2.18. The van der Waals surface area contributed by atoms with Gasteiger partial charge in [-0.1, -0.05) is 41.9 Å². The first kappa shape index (κ1) is 21.0. The average molecular weight is 479 g/mol. The number of halogens is 2. The molecule has 164 valence electrons. The van der Waals surface area contributed by atoms with Gasteiger partial charge in [0, 0.05) is 5.39 Å². The van der Waals surface area contributed by atoms with E-state index in [4.69, 9.17) is 17.3 Å². The van der Waals surface area contributed by atoms with Gasteiger partial charge in [0.2, 0.25) is 5.82 Å². The summed E-state index contributed by atoms with van der Waals surface area (Å²) >= 11 is 7.28. The average Bonchev–Trinajstić information content (AvgIpc) is 3.29. The second-order valence-electron chi connectivity index (χ2n) is 7.15. The Morgan fingerprint density at radius 2 is 1.94 bits per heavy atom. The smallest absolute Gasteiger partial charge is 0.294 e. The molecule has 0 spiro atoms. The van der Waals surface area contributed by atoms with Crippen LogP contribution in [-0.2, 0) is 6.54 Å². The normalized spacial score (nSPS) is 11.1. The van der Waals surface area contributed by atoms with E-state index in [1.165, 1.54) is 17.4 Å². The highest BCUT2D eigenvalue weighted by Gasteiger charge is 2.16. The summed E-state index contributed by atoms with van der Waals surface area (Å²) in [7, 11) is 0. The Labute approximate surface area is 196 Å². The Morgan fingerprint density at radius 3 is 2.82 bits per heavy atom. The summed E-state index contributed by atoms with van der Waals surface area (Å²) in [5, 5.41) is 9.36. The number of thiophene rings is 1. The van der Waals surface area contributed by atoms with Crippen LogP contribution in [0.1, 0.15) is 16.3 Å². The second kappa shape index (κ2) is 8.61. The Bertz CT molecular complexity index is 1520. The van der Waals surface area contributed by atoms with E-state index in [1.54, 1.807) is 24.3 Å². The quantitative estimate of drug-likeness (QED) is 0.309. The molecule has 0 fully saturated rings. The van der Waals surface area contributed by atoms with Gasteiger partial charge in [0.05, 0.1) is 33.2 Å². The number of nitrogen functional groups attached to an aromatic ring is 1. The number of amides is 1. The van der Waals surface area contributed by atoms with Crippen molar-refractivity contribution in [3.05, 3.63) is 82.3 Å². The van der Waals surface area contributed by atoms with Gasteiger partial charge in [-0.25, -0.2) is 19.3 Å². The summed E-state index contributed by atoms with van der Waals surface area (Å²) in [5.74, 6) is -0.549. The van der Waals surface area contributed by atoms with Crippen LogP contribution in [0.25, 0.3) is 21.0 Å². The largest absolute Gasteiger partial charge is 0.382 e. The molecule has 10 heteroatoms. The highest BCUT2D eigenvalue weighted by molar-refractivity contribution is 7.17. The van der Waals surface area contributed by atoms with Crippen LogP contribution in [0.3, 0.4) is 0 Å². The van der Waals surface area contributed by atoms with Crippen LogP contribution in [0, 0.1) is 5.82 Å². The maximum atomic E-state index is 14.3. The monoisotopic (exact) mass is 478 g/mol. The van der Waals surface area contributed by atoms with Gasteiger partial charge in [0.1, 0.15) is 11.6 Å². The number of nitrogens with zero attached hydrogens (tertiary/aromatic N) is 3. The standard InChI is InChI=1S/C23H16ClFN6OS/c24-14-6-3-7-15(19(14)25)27-11-17-13-5-2-1-4-12(13)10-18(28-17)30-23(32)22-29-16-8-9-33-20(16)21(26)31-22/h1-10,27H,11H2,(H2,26,29,31)(H,28,30,32). The van der Waals surface area contributed by atoms with Gasteiger partial charge < -0.3 is 16.4 Å². The van der Waals surface area contributed by atoms with Gasteiger partial charge in [-0.05, 0) is 35.0 Å². The van der Waals surface area contributed by atoms with E-state index in [0.29, 0.717) is 17.0 Å². The number of hydrogen-bond donors (Lipinski definition) is 3. The predicted molar refractivity (Wildman–Crippen MR) is 130 cm³/mol. The van der Waals surface area contributed by atoms with Gasteiger partial charge in [-0.15, -0.1) is 11.3 Å². The SMILES string of the molecule is Nc1nc(C(=O)Nc2cc3ccccc3c(CNc3cccc(Cl)c3F)n2)nc2ccsc12. The Hall–Kier alpha value is -3.82. The number of nitrogens with one attached hydrogen (secondary N) is 2. The van der Waals surface area contributed by atoms with Crippen LogP contribution in [0.4, 0.5) is 21.7 Å². The van der Waals surface area contributed by atoms with Crippen LogP contribution < -0.4 is 16.4 Å². The molecule has 0 saturated heterocycles. The van der Waals surface area contributed by atoms with Gasteiger partial charge in [0.15, 0.2) is 5.82 Å². The number of anilines is 3. The lowest BCUT2D eigenvalue weighted by molar-refractivity contribution is 0.101. The molecule has 5 rings (SSSR count). The molecule has 0 atom stereocenters. The third-order valence-corrected chi connectivity index (χ3v) is 6.21. The summed E-state index contributed by atoms with van der Waals surface area (Å²) in [4.78, 5) is 25.8. The number of fused-ring (bicyclic) bond motifs is 2. The van der Waals surface area contributed by atoms with E-state index < -0.39 is 11.7 Å². The summed E-state index contributed by atoms with van der Waals surface area (Å²) in [6.45, 7) is 0.214. The molecule has 0 radical (unpaired) electrons. The molecular weight excluding hydrogens is 463 g/mol. The van der Waals surface area contributed by atoms with Crippen LogP contribution in [0.2, 0.25) is 5.02 Å². The Morgan fingerprint density at radius 1 is 1.09 bits per heavy atom. The number of nitrogens with two attached hydrogens (primary N) is 1. The first-order valence-electron chi connectivity index (χ1n) is 9.88. The number of benzene rings is 2. The molecule has 2 aromatic carbocycles. The van der Waals surface area contributed by atoms with E-state index in [2.05, 4.69) is 25.6 Å². The van der Waals surface area contributed by atoms with Crippen LogP contribution in [0.5, 0.6) is 0 Å². The van der Waals surface area contributed by atoms with Crippen LogP contribution in [0.15, 0.2) is 60.0 Å². The number of carbonyl (C=O) groups excluding carboxylic acids is 1. The molecule has 33 heavy (non-hydrogen) atoms. The zero-order chi connectivity index (χ0) is 22.9. The first-order chi connectivity index (χ1) is 16.0. The molecule has 0 aliphatic heterocycles. The van der Waals surface area contributed by atoms with Crippen molar-refractivity contribution < 1.29 is 9.18 Å². The highest BCUT2D eigenvalue weighted by atomic mass is 35.5. The summed E-state index contributed by atoms with van der Waals surface area (Å²) in [6.07, 6.45) is 0. The summed E-state index contributed by atoms with van der Waals surface area (Å²) < 4.78 is 15.0. The molecule has 3 aromatic heterocycles. The van der Waals surface area contributed by atoms with Crippen molar-refractivity contribution in [1.82, 2.24) is 15.0 Å². The number of rotatable bonds is 5. The number of pyridine rings is 1. The first-order valence-corrected chi connectivity index (χ1v) is 11.1. The van der Waals surface area contributed by atoms with Gasteiger partial charge in [0.25, 0.3) is 5.91 Å². The predicted octanol–water partition coefficient (Wildman–Crippen LogP) is 5.48. The number of carbonyl (C=O) groups is 1. The maximum Gasteiger partial charge on any atom is 0.294 e. The molecule has 0 bridgehead atoms. The van der Waals surface area contributed by atoms with E-state index in [9.17, 15) is 9.18 Å². The molecule has 0 unspecified atom stereocenters. The molecule has 4 N–H and O–H groups in total. The number of hydrogen-bond acceptors (Lipinski definition) is 7. The van der Waals surface area contributed by atoms with Crippen molar-refractivity contribution in [2.24, 2.45) is 0 Å². The lowest BCUT2D eigenvalue weighted by Gasteiger charge is -2.13. The highest BCUT2D eigenvalue weighted by Crippen LogP contribution is 2.26. The molecule has 3 heterocycles. The second-order valence-corrected chi connectivity index (χ2v) is 8.48. The van der Waals surface area contributed by atoms with E-state index in [1.807, 2.05) is 29.6 Å². The van der Waals surface area contributed by atoms with E-state index in [0.717, 1.165) is 15.5 Å². The zero-order valence-corrected chi connectivity index (χ0v) is 18.5. The van der Waals surface area contributed by atoms with Crippen molar-refractivity contribution in [1.29, 1.82) is 0 Å². The molecule has 7 nitrogen and oxygen atoms in total. The minimum Gasteiger partial charge on any atom is -0.382 e. The molecule has 1 amide bonds. The Balaban J connectivity index is 1.45. The van der Waals surface area contributed by atoms with Crippen molar-refractivity contribution in [3.63, 3.8) is 0 Å². The van der Waals surface area contributed by atoms with Crippen LogP contribution in [-0.4, -0.2) is 20.9 Å².